The van der Waals surface area contributed by atoms with Gasteiger partial charge >= 0.3 is 0 Å². The molecule has 0 N–H and O–H groups in total. The first kappa shape index (κ1) is 9.87. The van der Waals surface area contributed by atoms with Crippen molar-refractivity contribution in [1.82, 2.24) is 0 Å². The van der Waals surface area contributed by atoms with Gasteiger partial charge in [-0.1, -0.05) is 30.3 Å². The Bertz CT molecular complexity index is 393. The summed E-state index contributed by atoms with van der Waals surface area (Å²) in [5, 5.41) is 2.52. The number of thiol groups is 1. The molecule has 0 saturated carbocycles. The number of hydrogen-bond donors (Lipinski definition) is 1. The van der Waals surface area contributed by atoms with Crippen LogP contribution in [-0.2, 0) is 0 Å². The summed E-state index contributed by atoms with van der Waals surface area (Å²) in [5.41, 5.74) is 0. The summed E-state index contributed by atoms with van der Waals surface area (Å²) in [6, 6.07) is 14.4. The summed E-state index contributed by atoms with van der Waals surface area (Å²) in [4.78, 5) is 1.02. The van der Waals surface area contributed by atoms with Crippen LogP contribution in [0.4, 0.5) is 0 Å². The third kappa shape index (κ3) is 2.36. The predicted molar refractivity (Wildman–Crippen MR) is 62.5 cm³/mol. The average Bonchev–Trinajstić information content (AvgIpc) is 2.21. The van der Waals surface area contributed by atoms with Crippen molar-refractivity contribution < 1.29 is 0 Å². The average molecular weight is 188 g/mol. The molecule has 1 heteroatoms. The van der Waals surface area contributed by atoms with Crippen LogP contribution in [0.2, 0.25) is 0 Å². The maximum absolute atomic E-state index is 4.26. The van der Waals surface area contributed by atoms with Gasteiger partial charge in [0.2, 0.25) is 0 Å². The highest BCUT2D eigenvalue weighted by Gasteiger charge is 1.90. The van der Waals surface area contributed by atoms with Crippen molar-refractivity contribution in [3.8, 4) is 0 Å². The van der Waals surface area contributed by atoms with E-state index in [1.165, 1.54) is 10.8 Å². The molecule has 0 heterocycles. The largest absolute Gasteiger partial charge is 0.143 e. The molecule has 2 rings (SSSR count). The minimum absolute atomic E-state index is 1.02. The van der Waals surface area contributed by atoms with E-state index in [4.69, 9.17) is 0 Å². The molecular formula is C12H12S. The van der Waals surface area contributed by atoms with Gasteiger partial charge in [-0.2, -0.15) is 0 Å². The van der Waals surface area contributed by atoms with E-state index in [9.17, 15) is 0 Å². The van der Waals surface area contributed by atoms with Crippen LogP contribution in [0.15, 0.2) is 60.5 Å². The second-order valence-electron chi connectivity index (χ2n) is 2.53. The van der Waals surface area contributed by atoms with Gasteiger partial charge in [-0.05, 0) is 22.9 Å². The lowest BCUT2D eigenvalue weighted by Crippen LogP contribution is -1.70. The fraction of sp³-hybridized carbons (Fsp3) is 0. The maximum Gasteiger partial charge on any atom is 0.00463 e. The Labute approximate surface area is 84.3 Å². The third-order valence-corrected chi connectivity index (χ3v) is 2.01. The van der Waals surface area contributed by atoms with Crippen LogP contribution in [-0.4, -0.2) is 0 Å². The number of benzene rings is 2. The Morgan fingerprint density at radius 2 is 1.46 bits per heavy atom. The summed E-state index contributed by atoms with van der Waals surface area (Å²) in [6.07, 6.45) is 0. The van der Waals surface area contributed by atoms with Crippen molar-refractivity contribution in [2.45, 2.75) is 4.90 Å². The van der Waals surface area contributed by atoms with Crippen LogP contribution in [0.1, 0.15) is 0 Å². The molecule has 0 spiro atoms. The monoisotopic (exact) mass is 188 g/mol. The molecule has 0 bridgehead atoms. The van der Waals surface area contributed by atoms with Gasteiger partial charge in [0.15, 0.2) is 0 Å². The van der Waals surface area contributed by atoms with Gasteiger partial charge in [0.05, 0.1) is 0 Å². The normalized spacial score (nSPS) is 9.00. The minimum atomic E-state index is 1.02. The third-order valence-electron chi connectivity index (χ3n) is 1.73. The molecule has 0 aliphatic rings. The molecule has 0 aliphatic carbocycles. The molecule has 0 fully saturated rings. The summed E-state index contributed by atoms with van der Waals surface area (Å²) in [7, 11) is 0. The lowest BCUT2D eigenvalue weighted by Gasteiger charge is -1.96. The Balaban J connectivity index is 0.000000396. The Morgan fingerprint density at radius 1 is 0.846 bits per heavy atom. The fourth-order valence-corrected chi connectivity index (χ4v) is 1.39. The second kappa shape index (κ2) is 4.73. The van der Waals surface area contributed by atoms with Crippen LogP contribution in [0.3, 0.4) is 0 Å². The first-order valence-corrected chi connectivity index (χ1v) is 4.49. The van der Waals surface area contributed by atoms with Gasteiger partial charge < -0.3 is 0 Å². The molecule has 0 saturated heterocycles. The molecule has 0 unspecified atom stereocenters. The molecule has 2 aromatic rings. The Kier molecular flexibility index (Phi) is 3.59. The topological polar surface area (TPSA) is 0 Å². The molecule has 0 radical (unpaired) electrons. The first-order valence-electron chi connectivity index (χ1n) is 4.04. The quantitative estimate of drug-likeness (QED) is 0.470. The maximum atomic E-state index is 4.26. The van der Waals surface area contributed by atoms with E-state index in [-0.39, 0.29) is 0 Å². The van der Waals surface area contributed by atoms with Gasteiger partial charge in [-0.15, -0.1) is 25.8 Å². The van der Waals surface area contributed by atoms with Gasteiger partial charge in [0, 0.05) is 4.90 Å². The zero-order valence-corrected chi connectivity index (χ0v) is 8.30. The minimum Gasteiger partial charge on any atom is -0.143 e. The van der Waals surface area contributed by atoms with E-state index in [1.807, 2.05) is 18.2 Å². The van der Waals surface area contributed by atoms with E-state index >= 15 is 0 Å². The summed E-state index contributed by atoms with van der Waals surface area (Å²) < 4.78 is 0. The summed E-state index contributed by atoms with van der Waals surface area (Å²) in [6.45, 7) is 6.00. The van der Waals surface area contributed by atoms with Crippen molar-refractivity contribution in [1.29, 1.82) is 0 Å². The van der Waals surface area contributed by atoms with E-state index < -0.39 is 0 Å². The smallest absolute Gasteiger partial charge is 0.00463 e. The highest BCUT2D eigenvalue weighted by atomic mass is 32.1. The predicted octanol–water partition coefficient (Wildman–Crippen LogP) is 3.93. The first-order chi connectivity index (χ1) is 6.36. The van der Waals surface area contributed by atoms with Gasteiger partial charge in [-0.3, -0.25) is 0 Å². The molecule has 13 heavy (non-hydrogen) atoms. The summed E-state index contributed by atoms with van der Waals surface area (Å²) in [5.74, 6) is 0. The zero-order chi connectivity index (χ0) is 9.68. The van der Waals surface area contributed by atoms with Crippen molar-refractivity contribution in [2.75, 3.05) is 0 Å². The van der Waals surface area contributed by atoms with Crippen LogP contribution in [0.5, 0.6) is 0 Å². The lowest BCUT2D eigenvalue weighted by atomic mass is 10.1. The molecule has 0 aromatic heterocycles. The van der Waals surface area contributed by atoms with Crippen molar-refractivity contribution in [3.05, 3.63) is 55.6 Å². The van der Waals surface area contributed by atoms with E-state index in [0.29, 0.717) is 0 Å². The number of hydrogen-bond acceptors (Lipinski definition) is 1. The van der Waals surface area contributed by atoms with Gasteiger partial charge in [-0.25, -0.2) is 0 Å². The molecule has 0 nitrogen and oxygen atoms in total. The van der Waals surface area contributed by atoms with Crippen LogP contribution < -0.4 is 0 Å². The van der Waals surface area contributed by atoms with Crippen molar-refractivity contribution >= 4 is 23.4 Å². The molecule has 0 aliphatic heterocycles. The van der Waals surface area contributed by atoms with E-state index in [1.54, 1.807) is 0 Å². The molecule has 0 atom stereocenters. The Morgan fingerprint density at radius 3 is 2.15 bits per heavy atom. The van der Waals surface area contributed by atoms with Crippen LogP contribution >= 0.6 is 12.6 Å². The lowest BCUT2D eigenvalue weighted by molar-refractivity contribution is 1.53. The highest BCUT2D eigenvalue weighted by molar-refractivity contribution is 7.80. The van der Waals surface area contributed by atoms with Crippen LogP contribution in [0.25, 0.3) is 10.8 Å². The highest BCUT2D eigenvalue weighted by Crippen LogP contribution is 2.17. The van der Waals surface area contributed by atoms with Crippen molar-refractivity contribution in [3.63, 3.8) is 0 Å². The van der Waals surface area contributed by atoms with E-state index in [2.05, 4.69) is 50.1 Å². The summed E-state index contributed by atoms with van der Waals surface area (Å²) >= 11 is 4.26. The number of fused-ring (bicyclic) bond motifs is 1. The fourth-order valence-electron chi connectivity index (χ4n) is 1.18. The standard InChI is InChI=1S/C10H8S.C2H4/c11-10-6-5-8-3-1-2-4-9(8)7-10;1-2/h1-7,11H;1-2H2. The molecular weight excluding hydrogens is 176 g/mol. The zero-order valence-electron chi connectivity index (χ0n) is 7.40. The van der Waals surface area contributed by atoms with Gasteiger partial charge in [0.25, 0.3) is 0 Å². The van der Waals surface area contributed by atoms with Crippen LogP contribution in [0, 0.1) is 0 Å². The molecule has 66 valence electrons. The SMILES string of the molecule is C=C.Sc1ccc2ccccc2c1. The molecule has 2 aromatic carbocycles. The van der Waals surface area contributed by atoms with E-state index in [0.717, 1.165) is 4.90 Å². The molecule has 0 amide bonds. The van der Waals surface area contributed by atoms with Gasteiger partial charge in [0.1, 0.15) is 0 Å². The Hall–Kier alpha value is -1.21. The van der Waals surface area contributed by atoms with Crippen molar-refractivity contribution in [2.24, 2.45) is 0 Å². The second-order valence-corrected chi connectivity index (χ2v) is 3.05. The number of rotatable bonds is 0.